The summed E-state index contributed by atoms with van der Waals surface area (Å²) in [5.74, 6) is 0.364. The Balaban J connectivity index is 2.62. The van der Waals surface area contributed by atoms with Gasteiger partial charge in [0.15, 0.2) is 0 Å². The average molecular weight is 354 g/mol. The minimum Gasteiger partial charge on any atom is -0.378 e. The minimum absolute atomic E-state index is 0.246. The van der Waals surface area contributed by atoms with E-state index < -0.39 is 15.6 Å². The summed E-state index contributed by atoms with van der Waals surface area (Å²) in [6.07, 6.45) is 0. The van der Waals surface area contributed by atoms with Gasteiger partial charge < -0.3 is 4.74 Å². The number of morpholine rings is 1. The van der Waals surface area contributed by atoms with Gasteiger partial charge in [-0.15, -0.1) is 0 Å². The van der Waals surface area contributed by atoms with Gasteiger partial charge in [0.2, 0.25) is 10.0 Å². The molecule has 2 rings (SSSR count). The highest BCUT2D eigenvalue weighted by Crippen LogP contribution is 2.35. The summed E-state index contributed by atoms with van der Waals surface area (Å²) in [6.45, 7) is 15.5. The van der Waals surface area contributed by atoms with Crippen molar-refractivity contribution >= 4 is 10.0 Å². The fourth-order valence-corrected chi connectivity index (χ4v) is 5.26. The fourth-order valence-electron chi connectivity index (χ4n) is 3.13. The van der Waals surface area contributed by atoms with E-state index in [0.29, 0.717) is 30.6 Å². The van der Waals surface area contributed by atoms with Crippen molar-refractivity contribution in [1.82, 2.24) is 4.31 Å². The van der Waals surface area contributed by atoms with Crippen molar-refractivity contribution in [2.24, 2.45) is 0 Å². The third-order valence-electron chi connectivity index (χ3n) is 4.62. The van der Waals surface area contributed by atoms with E-state index in [9.17, 15) is 8.42 Å². The van der Waals surface area contributed by atoms with Crippen molar-refractivity contribution in [2.45, 2.75) is 70.2 Å². The molecule has 1 heterocycles. The molecule has 1 aliphatic rings. The molecule has 0 spiro atoms. The summed E-state index contributed by atoms with van der Waals surface area (Å²) < 4.78 is 33.9. The molecule has 1 aromatic rings. The monoisotopic (exact) mass is 353 g/mol. The van der Waals surface area contributed by atoms with Gasteiger partial charge in [-0.2, -0.15) is 4.31 Å². The Hall–Kier alpha value is -0.910. The van der Waals surface area contributed by atoms with E-state index in [1.807, 2.05) is 19.9 Å². The maximum atomic E-state index is 13.4. The number of sulfonamides is 1. The summed E-state index contributed by atoms with van der Waals surface area (Å²) in [6, 6.07) is 5.79. The van der Waals surface area contributed by atoms with E-state index in [-0.39, 0.29) is 5.41 Å². The molecule has 0 aromatic heterocycles. The van der Waals surface area contributed by atoms with Gasteiger partial charge in [-0.05, 0) is 42.4 Å². The standard InChI is InChI=1S/C19H31NO3S/c1-14(2)15-8-9-17(16(12-15)18(3,4)5)24(21,22)20-10-11-23-13-19(20,6)7/h8-9,12,14H,10-11,13H2,1-7H3. The molecule has 1 aliphatic heterocycles. The van der Waals surface area contributed by atoms with E-state index in [2.05, 4.69) is 40.7 Å². The van der Waals surface area contributed by atoms with Gasteiger partial charge in [-0.3, -0.25) is 0 Å². The summed E-state index contributed by atoms with van der Waals surface area (Å²) in [4.78, 5) is 0.425. The van der Waals surface area contributed by atoms with Gasteiger partial charge in [0.25, 0.3) is 0 Å². The molecule has 0 N–H and O–H groups in total. The van der Waals surface area contributed by atoms with Gasteiger partial charge in [-0.1, -0.05) is 46.8 Å². The topological polar surface area (TPSA) is 46.6 Å². The van der Waals surface area contributed by atoms with Crippen LogP contribution in [0, 0.1) is 0 Å². The lowest BCUT2D eigenvalue weighted by Gasteiger charge is -2.41. The van der Waals surface area contributed by atoms with Gasteiger partial charge >= 0.3 is 0 Å². The molecule has 0 atom stereocenters. The van der Waals surface area contributed by atoms with E-state index in [4.69, 9.17) is 4.74 Å². The Kier molecular flexibility index (Phi) is 5.20. The Morgan fingerprint density at radius 2 is 1.83 bits per heavy atom. The number of hydrogen-bond acceptors (Lipinski definition) is 3. The molecule has 0 unspecified atom stereocenters. The molecule has 1 saturated heterocycles. The highest BCUT2D eigenvalue weighted by atomic mass is 32.2. The van der Waals surface area contributed by atoms with E-state index >= 15 is 0 Å². The molecule has 0 amide bonds. The Bertz CT molecular complexity index is 700. The van der Waals surface area contributed by atoms with Gasteiger partial charge in [-0.25, -0.2) is 8.42 Å². The molecule has 0 aliphatic carbocycles. The predicted octanol–water partition coefficient (Wildman–Crippen LogP) is 3.91. The summed E-state index contributed by atoms with van der Waals surface area (Å²) in [7, 11) is -3.57. The van der Waals surface area contributed by atoms with Crippen LogP contribution in [0.4, 0.5) is 0 Å². The Morgan fingerprint density at radius 3 is 2.33 bits per heavy atom. The third kappa shape index (κ3) is 3.68. The second-order valence-corrected chi connectivity index (χ2v) is 10.4. The highest BCUT2D eigenvalue weighted by molar-refractivity contribution is 7.89. The molecule has 4 nitrogen and oxygen atoms in total. The number of rotatable bonds is 3. The largest absolute Gasteiger partial charge is 0.378 e. The molecular formula is C19H31NO3S. The van der Waals surface area contributed by atoms with Crippen LogP contribution in [0.25, 0.3) is 0 Å². The second-order valence-electron chi connectivity index (χ2n) is 8.60. The molecule has 0 radical (unpaired) electrons. The first-order valence-electron chi connectivity index (χ1n) is 8.62. The van der Waals surface area contributed by atoms with Crippen LogP contribution in [-0.4, -0.2) is 38.0 Å². The van der Waals surface area contributed by atoms with Crippen LogP contribution in [0.2, 0.25) is 0 Å². The first-order chi connectivity index (χ1) is 10.9. The van der Waals surface area contributed by atoms with Crippen LogP contribution in [0.1, 0.15) is 65.5 Å². The average Bonchev–Trinajstić information content (AvgIpc) is 2.44. The summed E-state index contributed by atoms with van der Waals surface area (Å²) in [5, 5.41) is 0. The predicted molar refractivity (Wildman–Crippen MR) is 98.0 cm³/mol. The number of nitrogens with zero attached hydrogens (tertiary/aromatic N) is 1. The number of benzene rings is 1. The zero-order chi connectivity index (χ0) is 18.3. The van der Waals surface area contributed by atoms with E-state index in [0.717, 1.165) is 5.56 Å². The van der Waals surface area contributed by atoms with Crippen LogP contribution in [0.15, 0.2) is 23.1 Å². The lowest BCUT2D eigenvalue weighted by molar-refractivity contribution is -0.00775. The fraction of sp³-hybridized carbons (Fsp3) is 0.684. The Morgan fingerprint density at radius 1 is 1.21 bits per heavy atom. The van der Waals surface area contributed by atoms with Crippen LogP contribution >= 0.6 is 0 Å². The highest BCUT2D eigenvalue weighted by Gasteiger charge is 2.41. The van der Waals surface area contributed by atoms with E-state index in [1.165, 1.54) is 5.56 Å². The third-order valence-corrected chi connectivity index (χ3v) is 6.78. The lowest BCUT2D eigenvalue weighted by atomic mass is 9.85. The van der Waals surface area contributed by atoms with Crippen LogP contribution in [-0.2, 0) is 20.2 Å². The van der Waals surface area contributed by atoms with Crippen molar-refractivity contribution in [1.29, 1.82) is 0 Å². The minimum atomic E-state index is -3.57. The van der Waals surface area contributed by atoms with Gasteiger partial charge in [0.1, 0.15) is 0 Å². The first-order valence-corrected chi connectivity index (χ1v) is 10.1. The number of ether oxygens (including phenoxy) is 1. The molecule has 24 heavy (non-hydrogen) atoms. The first kappa shape index (κ1) is 19.4. The van der Waals surface area contributed by atoms with Crippen molar-refractivity contribution in [3.8, 4) is 0 Å². The molecule has 1 fully saturated rings. The van der Waals surface area contributed by atoms with E-state index in [1.54, 1.807) is 10.4 Å². The van der Waals surface area contributed by atoms with Crippen molar-refractivity contribution in [3.63, 3.8) is 0 Å². The lowest BCUT2D eigenvalue weighted by Crippen LogP contribution is -2.55. The van der Waals surface area contributed by atoms with Crippen LogP contribution in [0.5, 0.6) is 0 Å². The number of hydrogen-bond donors (Lipinski definition) is 0. The summed E-state index contributed by atoms with van der Waals surface area (Å²) in [5.41, 5.74) is 1.27. The Labute approximate surface area is 147 Å². The molecule has 1 aromatic carbocycles. The smallest absolute Gasteiger partial charge is 0.244 e. The van der Waals surface area contributed by atoms with Crippen molar-refractivity contribution < 1.29 is 13.2 Å². The van der Waals surface area contributed by atoms with Gasteiger partial charge in [0, 0.05) is 6.54 Å². The zero-order valence-electron chi connectivity index (χ0n) is 16.0. The molecule has 0 saturated carbocycles. The summed E-state index contributed by atoms with van der Waals surface area (Å²) >= 11 is 0. The molecule has 136 valence electrons. The quantitative estimate of drug-likeness (QED) is 0.828. The van der Waals surface area contributed by atoms with Crippen LogP contribution < -0.4 is 0 Å². The maximum absolute atomic E-state index is 13.4. The normalized spacial score (nSPS) is 19.7. The molecular weight excluding hydrogens is 322 g/mol. The zero-order valence-corrected chi connectivity index (χ0v) is 16.8. The van der Waals surface area contributed by atoms with Crippen molar-refractivity contribution in [3.05, 3.63) is 29.3 Å². The SMILES string of the molecule is CC(C)c1ccc(S(=O)(=O)N2CCOCC2(C)C)c(C(C)(C)C)c1. The molecule has 0 bridgehead atoms. The molecule has 5 heteroatoms. The van der Waals surface area contributed by atoms with Gasteiger partial charge in [0.05, 0.1) is 23.6 Å². The maximum Gasteiger partial charge on any atom is 0.244 e. The van der Waals surface area contributed by atoms with Crippen molar-refractivity contribution in [2.75, 3.05) is 19.8 Å². The second kappa shape index (κ2) is 6.43. The van der Waals surface area contributed by atoms with Crippen LogP contribution in [0.3, 0.4) is 0 Å².